The monoisotopic (exact) mass is 313 g/mol. The minimum absolute atomic E-state index is 0.205. The van der Waals surface area contributed by atoms with E-state index in [0.29, 0.717) is 6.42 Å². The van der Waals surface area contributed by atoms with E-state index in [1.54, 1.807) is 6.92 Å². The third-order valence-electron chi connectivity index (χ3n) is 1.83. The highest BCUT2D eigenvalue weighted by molar-refractivity contribution is 9.10. The average Bonchev–Trinajstić information content (AvgIpc) is 2.23. The third kappa shape index (κ3) is 2.78. The van der Waals surface area contributed by atoms with Crippen LogP contribution >= 0.6 is 15.9 Å². The Morgan fingerprint density at radius 1 is 1.38 bits per heavy atom. The van der Waals surface area contributed by atoms with Crippen LogP contribution in [0, 0.1) is 11.6 Å². The molecule has 1 aromatic rings. The molecule has 90 valence electrons. The second-order valence-corrected chi connectivity index (χ2v) is 5.60. The lowest BCUT2D eigenvalue weighted by molar-refractivity contribution is 0.535. The molecule has 0 aliphatic heterocycles. The first-order valence-corrected chi connectivity index (χ1v) is 6.81. The summed E-state index contributed by atoms with van der Waals surface area (Å²) in [6.45, 7) is 1.98. The van der Waals surface area contributed by atoms with E-state index in [0.717, 1.165) is 12.1 Å². The number of hydrogen-bond acceptors (Lipinski definition) is 2. The summed E-state index contributed by atoms with van der Waals surface area (Å²) >= 11 is 2.65. The Balaban J connectivity index is 3.19. The van der Waals surface area contributed by atoms with E-state index in [9.17, 15) is 17.2 Å². The molecule has 0 bridgehead atoms. The summed E-state index contributed by atoms with van der Waals surface area (Å²) in [7, 11) is -3.91. The molecule has 1 rings (SSSR count). The van der Waals surface area contributed by atoms with Gasteiger partial charge >= 0.3 is 0 Å². The molecule has 0 aliphatic rings. The number of nitrogens with one attached hydrogen (secondary N) is 1. The maximum Gasteiger partial charge on any atom is 0.243 e. The highest BCUT2D eigenvalue weighted by Crippen LogP contribution is 2.25. The Bertz CT molecular complexity index is 491. The van der Waals surface area contributed by atoms with Gasteiger partial charge in [0.25, 0.3) is 0 Å². The molecular formula is C9H10BrF2NO2S. The molecule has 7 heteroatoms. The Hall–Kier alpha value is -0.530. The zero-order valence-electron chi connectivity index (χ0n) is 8.43. The zero-order valence-corrected chi connectivity index (χ0v) is 10.8. The van der Waals surface area contributed by atoms with Gasteiger partial charge in [0.2, 0.25) is 10.0 Å². The fraction of sp³-hybridized carbons (Fsp3) is 0.333. The van der Waals surface area contributed by atoms with Gasteiger partial charge in [-0.3, -0.25) is 0 Å². The Labute approximate surface area is 101 Å². The van der Waals surface area contributed by atoms with Gasteiger partial charge < -0.3 is 0 Å². The van der Waals surface area contributed by atoms with E-state index < -0.39 is 31.0 Å². The number of benzene rings is 1. The standard InChI is InChI=1S/C9H10BrF2NO2S/c1-2-5-13-16(14,15)7-4-3-6(11)8(10)9(7)12/h3-4,13H,2,5H2,1H3. The fourth-order valence-electron chi connectivity index (χ4n) is 1.03. The molecule has 0 saturated heterocycles. The molecule has 16 heavy (non-hydrogen) atoms. The van der Waals surface area contributed by atoms with E-state index in [2.05, 4.69) is 20.7 Å². The topological polar surface area (TPSA) is 46.2 Å². The molecule has 0 aromatic heterocycles. The van der Waals surface area contributed by atoms with Gasteiger partial charge in [-0.15, -0.1) is 0 Å². The van der Waals surface area contributed by atoms with E-state index in [1.807, 2.05) is 0 Å². The number of hydrogen-bond donors (Lipinski definition) is 1. The van der Waals surface area contributed by atoms with Crippen LogP contribution in [0.15, 0.2) is 21.5 Å². The van der Waals surface area contributed by atoms with Crippen LogP contribution < -0.4 is 4.72 Å². The Morgan fingerprint density at radius 2 is 2.00 bits per heavy atom. The van der Waals surface area contributed by atoms with Crippen molar-refractivity contribution < 1.29 is 17.2 Å². The van der Waals surface area contributed by atoms with Crippen LogP contribution in [0.4, 0.5) is 8.78 Å². The molecule has 3 nitrogen and oxygen atoms in total. The smallest absolute Gasteiger partial charge is 0.211 e. The lowest BCUT2D eigenvalue weighted by Gasteiger charge is -2.07. The van der Waals surface area contributed by atoms with Crippen molar-refractivity contribution in [2.24, 2.45) is 0 Å². The molecule has 0 heterocycles. The minimum atomic E-state index is -3.91. The average molecular weight is 314 g/mol. The Morgan fingerprint density at radius 3 is 2.56 bits per heavy atom. The first-order chi connectivity index (χ1) is 7.40. The maximum atomic E-state index is 13.5. The second kappa shape index (κ2) is 5.20. The van der Waals surface area contributed by atoms with Crippen molar-refractivity contribution in [2.75, 3.05) is 6.54 Å². The molecule has 0 saturated carbocycles. The van der Waals surface area contributed by atoms with Crippen molar-refractivity contribution in [3.8, 4) is 0 Å². The van der Waals surface area contributed by atoms with Crippen LogP contribution in [0.5, 0.6) is 0 Å². The third-order valence-corrected chi connectivity index (χ3v) is 4.04. The molecule has 0 spiro atoms. The first kappa shape index (κ1) is 13.5. The van der Waals surface area contributed by atoms with Crippen molar-refractivity contribution in [2.45, 2.75) is 18.2 Å². The van der Waals surface area contributed by atoms with Crippen LogP contribution in [0.1, 0.15) is 13.3 Å². The van der Waals surface area contributed by atoms with Crippen LogP contribution in [-0.4, -0.2) is 15.0 Å². The second-order valence-electron chi connectivity index (χ2n) is 3.07. The summed E-state index contributed by atoms with van der Waals surface area (Å²) < 4.78 is 51.3. The lowest BCUT2D eigenvalue weighted by atomic mass is 10.3. The summed E-state index contributed by atoms with van der Waals surface area (Å²) in [4.78, 5) is -0.561. The molecule has 0 amide bonds. The van der Waals surface area contributed by atoms with Gasteiger partial charge in [-0.05, 0) is 34.5 Å². The van der Waals surface area contributed by atoms with Crippen molar-refractivity contribution >= 4 is 26.0 Å². The van der Waals surface area contributed by atoms with E-state index in [1.165, 1.54) is 0 Å². The van der Waals surface area contributed by atoms with Gasteiger partial charge in [-0.2, -0.15) is 0 Å². The number of sulfonamides is 1. The first-order valence-electron chi connectivity index (χ1n) is 4.53. The van der Waals surface area contributed by atoms with Gasteiger partial charge in [0.1, 0.15) is 10.7 Å². The zero-order chi connectivity index (χ0) is 12.3. The highest BCUT2D eigenvalue weighted by Gasteiger charge is 2.21. The fourth-order valence-corrected chi connectivity index (χ4v) is 2.72. The molecule has 0 unspecified atom stereocenters. The summed E-state index contributed by atoms with van der Waals surface area (Å²) in [5.74, 6) is -1.96. The summed E-state index contributed by atoms with van der Waals surface area (Å²) in [5, 5.41) is 0. The van der Waals surface area contributed by atoms with Gasteiger partial charge in [0.15, 0.2) is 5.82 Å². The van der Waals surface area contributed by atoms with Crippen LogP contribution in [0.3, 0.4) is 0 Å². The van der Waals surface area contributed by atoms with Gasteiger partial charge in [-0.1, -0.05) is 6.92 Å². The molecule has 0 radical (unpaired) electrons. The highest BCUT2D eigenvalue weighted by atomic mass is 79.9. The van der Waals surface area contributed by atoms with Crippen molar-refractivity contribution in [3.63, 3.8) is 0 Å². The molecule has 1 N–H and O–H groups in total. The Kier molecular flexibility index (Phi) is 4.40. The largest absolute Gasteiger partial charge is 0.243 e. The molecule has 0 atom stereocenters. The predicted molar refractivity (Wildman–Crippen MR) is 59.5 cm³/mol. The number of halogens is 3. The molecular weight excluding hydrogens is 304 g/mol. The van der Waals surface area contributed by atoms with Crippen LogP contribution in [0.2, 0.25) is 0 Å². The quantitative estimate of drug-likeness (QED) is 0.868. The van der Waals surface area contributed by atoms with Gasteiger partial charge in [-0.25, -0.2) is 21.9 Å². The van der Waals surface area contributed by atoms with E-state index >= 15 is 0 Å². The summed E-state index contributed by atoms with van der Waals surface area (Å²) in [5.41, 5.74) is 0. The molecule has 1 aromatic carbocycles. The van der Waals surface area contributed by atoms with Crippen LogP contribution in [-0.2, 0) is 10.0 Å². The summed E-state index contributed by atoms with van der Waals surface area (Å²) in [6.07, 6.45) is 0.587. The van der Waals surface area contributed by atoms with Crippen molar-refractivity contribution in [3.05, 3.63) is 28.2 Å². The van der Waals surface area contributed by atoms with Crippen molar-refractivity contribution in [1.29, 1.82) is 0 Å². The van der Waals surface area contributed by atoms with Crippen LogP contribution in [0.25, 0.3) is 0 Å². The predicted octanol–water partition coefficient (Wildman–Crippen LogP) is 2.42. The van der Waals surface area contributed by atoms with E-state index in [4.69, 9.17) is 0 Å². The van der Waals surface area contributed by atoms with Crippen molar-refractivity contribution in [1.82, 2.24) is 4.72 Å². The summed E-state index contributed by atoms with van der Waals surface area (Å²) in [6, 6.07) is 1.79. The minimum Gasteiger partial charge on any atom is -0.211 e. The normalized spacial score (nSPS) is 11.8. The molecule has 0 aliphatic carbocycles. The number of rotatable bonds is 4. The molecule has 0 fully saturated rings. The van der Waals surface area contributed by atoms with E-state index in [-0.39, 0.29) is 6.54 Å². The van der Waals surface area contributed by atoms with Gasteiger partial charge in [0.05, 0.1) is 4.47 Å². The lowest BCUT2D eigenvalue weighted by Crippen LogP contribution is -2.25. The maximum absolute atomic E-state index is 13.5. The van der Waals surface area contributed by atoms with Gasteiger partial charge in [0, 0.05) is 6.54 Å². The SMILES string of the molecule is CCCNS(=O)(=O)c1ccc(F)c(Br)c1F.